The Morgan fingerprint density at radius 2 is 1.92 bits per heavy atom. The molecule has 24 heavy (non-hydrogen) atoms. The zero-order valence-electron chi connectivity index (χ0n) is 12.9. The Hall–Kier alpha value is -3.22. The molecule has 0 saturated carbocycles. The molecule has 0 unspecified atom stereocenters. The van der Waals surface area contributed by atoms with Gasteiger partial charge in [0.25, 0.3) is 5.91 Å². The van der Waals surface area contributed by atoms with Gasteiger partial charge in [0.2, 0.25) is 6.23 Å². The normalized spacial score (nSPS) is 17.8. The third-order valence-corrected chi connectivity index (χ3v) is 4.19. The summed E-state index contributed by atoms with van der Waals surface area (Å²) in [5.41, 5.74) is 1.36. The van der Waals surface area contributed by atoms with E-state index in [-0.39, 0.29) is 17.2 Å². The Bertz CT molecular complexity index is 891. The lowest BCUT2D eigenvalue weighted by Crippen LogP contribution is -2.36. The number of hydrogen-bond donors (Lipinski definition) is 1. The summed E-state index contributed by atoms with van der Waals surface area (Å²) in [6.45, 7) is 0. The summed E-state index contributed by atoms with van der Waals surface area (Å²) in [4.78, 5) is 26.6. The number of methoxy groups -OCH3 is 2. The second kappa shape index (κ2) is 4.89. The van der Waals surface area contributed by atoms with Crippen LogP contribution >= 0.6 is 0 Å². The summed E-state index contributed by atoms with van der Waals surface area (Å²) in [6.07, 6.45) is -0.864. The number of phenolic OH excluding ortho intramolecular Hbond substituents is 1. The Balaban J connectivity index is 1.94. The van der Waals surface area contributed by atoms with E-state index in [1.54, 1.807) is 12.1 Å². The van der Waals surface area contributed by atoms with Gasteiger partial charge in [0.15, 0.2) is 11.5 Å². The van der Waals surface area contributed by atoms with Crippen molar-refractivity contribution in [2.24, 2.45) is 0 Å². The summed E-state index contributed by atoms with van der Waals surface area (Å²) in [5.74, 6) is -0.317. The molecule has 2 aliphatic rings. The van der Waals surface area contributed by atoms with Crippen LogP contribution in [0.4, 0.5) is 5.69 Å². The van der Waals surface area contributed by atoms with Gasteiger partial charge in [0.05, 0.1) is 31.0 Å². The van der Waals surface area contributed by atoms with Gasteiger partial charge < -0.3 is 19.3 Å². The first-order valence-corrected chi connectivity index (χ1v) is 7.19. The van der Waals surface area contributed by atoms with Crippen LogP contribution < -0.4 is 14.4 Å². The van der Waals surface area contributed by atoms with Gasteiger partial charge in [-0.05, 0) is 30.3 Å². The van der Waals surface area contributed by atoms with Crippen molar-refractivity contribution in [2.75, 3.05) is 19.1 Å². The number of anilines is 1. The number of phenols is 1. The third-order valence-electron chi connectivity index (χ3n) is 4.19. The quantitative estimate of drug-likeness (QED) is 0.852. The Labute approximate surface area is 137 Å². The van der Waals surface area contributed by atoms with Crippen molar-refractivity contribution >= 4 is 17.6 Å². The summed E-state index contributed by atoms with van der Waals surface area (Å²) < 4.78 is 16.0. The highest BCUT2D eigenvalue weighted by molar-refractivity contribution is 6.17. The van der Waals surface area contributed by atoms with Crippen molar-refractivity contribution in [2.45, 2.75) is 6.23 Å². The molecule has 0 bridgehead atoms. The minimum absolute atomic E-state index is 0.0763. The van der Waals surface area contributed by atoms with Crippen LogP contribution in [0, 0.1) is 0 Å². The molecule has 0 aromatic heterocycles. The number of amides is 1. The van der Waals surface area contributed by atoms with Gasteiger partial charge in [0, 0.05) is 5.56 Å². The maximum Gasteiger partial charge on any atom is 0.342 e. The molecule has 1 N–H and O–H groups in total. The van der Waals surface area contributed by atoms with Gasteiger partial charge in [0.1, 0.15) is 5.75 Å². The number of rotatable bonds is 2. The molecule has 0 saturated heterocycles. The predicted octanol–water partition coefficient (Wildman–Crippen LogP) is 2.24. The molecule has 7 heteroatoms. The number of ether oxygens (including phenoxy) is 3. The number of aromatic hydroxyl groups is 1. The van der Waals surface area contributed by atoms with E-state index in [0.29, 0.717) is 28.3 Å². The van der Waals surface area contributed by atoms with E-state index >= 15 is 0 Å². The van der Waals surface area contributed by atoms with Crippen molar-refractivity contribution < 1.29 is 28.9 Å². The van der Waals surface area contributed by atoms with Crippen LogP contribution in [0.25, 0.3) is 0 Å². The van der Waals surface area contributed by atoms with Gasteiger partial charge in [-0.2, -0.15) is 0 Å². The number of benzene rings is 2. The van der Waals surface area contributed by atoms with Crippen molar-refractivity contribution in [1.82, 2.24) is 0 Å². The van der Waals surface area contributed by atoms with Crippen molar-refractivity contribution in [3.63, 3.8) is 0 Å². The molecule has 0 radical (unpaired) electrons. The second-order valence-corrected chi connectivity index (χ2v) is 5.40. The lowest BCUT2D eigenvalue weighted by Gasteiger charge is -2.31. The van der Waals surface area contributed by atoms with Crippen molar-refractivity contribution in [3.05, 3.63) is 47.0 Å². The van der Waals surface area contributed by atoms with E-state index in [1.807, 2.05) is 0 Å². The number of carbonyl (C=O) groups excluding carboxylic acids is 2. The minimum Gasteiger partial charge on any atom is -0.508 e. The molecule has 2 aromatic carbocycles. The largest absolute Gasteiger partial charge is 0.508 e. The summed E-state index contributed by atoms with van der Waals surface area (Å²) >= 11 is 0. The van der Waals surface area contributed by atoms with Crippen LogP contribution in [0.15, 0.2) is 30.3 Å². The average Bonchev–Trinajstić information content (AvgIpc) is 2.87. The molecule has 2 heterocycles. The first-order valence-electron chi connectivity index (χ1n) is 7.19. The molecule has 1 atom stereocenters. The van der Waals surface area contributed by atoms with Gasteiger partial charge in [-0.3, -0.25) is 9.69 Å². The summed E-state index contributed by atoms with van der Waals surface area (Å²) in [7, 11) is 2.93. The van der Waals surface area contributed by atoms with Crippen LogP contribution in [0.1, 0.15) is 32.5 Å². The SMILES string of the molecule is COc1ccc2c(c1OC)C(=O)N1c3ccc(O)cc3C(=O)O[C@H]21. The minimum atomic E-state index is -0.864. The van der Waals surface area contributed by atoms with E-state index in [2.05, 4.69) is 0 Å². The highest BCUT2D eigenvalue weighted by Gasteiger charge is 2.47. The topological polar surface area (TPSA) is 85.3 Å². The predicted molar refractivity (Wildman–Crippen MR) is 82.6 cm³/mol. The lowest BCUT2D eigenvalue weighted by molar-refractivity contribution is 0.0272. The van der Waals surface area contributed by atoms with E-state index < -0.39 is 12.2 Å². The van der Waals surface area contributed by atoms with Crippen LogP contribution in [0.5, 0.6) is 17.2 Å². The van der Waals surface area contributed by atoms with Gasteiger partial charge in [-0.1, -0.05) is 0 Å². The Morgan fingerprint density at radius 3 is 2.62 bits per heavy atom. The number of hydrogen-bond acceptors (Lipinski definition) is 6. The molecule has 122 valence electrons. The highest BCUT2D eigenvalue weighted by Crippen LogP contribution is 2.48. The van der Waals surface area contributed by atoms with Crippen molar-refractivity contribution in [3.8, 4) is 17.2 Å². The molecule has 0 fully saturated rings. The molecular formula is C17H13NO6. The van der Waals surface area contributed by atoms with E-state index in [1.165, 1.54) is 37.3 Å². The third kappa shape index (κ3) is 1.72. The number of esters is 1. The maximum atomic E-state index is 13.0. The lowest BCUT2D eigenvalue weighted by atomic mass is 10.1. The van der Waals surface area contributed by atoms with Crippen molar-refractivity contribution in [1.29, 1.82) is 0 Å². The molecule has 1 amide bonds. The standard InChI is InChI=1S/C17H13NO6/c1-22-12-6-4-9-13(14(12)23-2)15(20)18-11-5-3-8(19)7-10(11)17(21)24-16(9)18/h3-7,16,19H,1-2H3/t16-/m1/s1. The zero-order valence-corrected chi connectivity index (χ0v) is 12.9. The zero-order chi connectivity index (χ0) is 17.0. The summed E-state index contributed by atoms with van der Waals surface area (Å²) in [5, 5.41) is 9.59. The first-order chi connectivity index (χ1) is 11.6. The Kier molecular flexibility index (Phi) is 2.93. The van der Waals surface area contributed by atoms with E-state index in [9.17, 15) is 14.7 Å². The van der Waals surface area contributed by atoms with Gasteiger partial charge in [-0.25, -0.2) is 4.79 Å². The smallest absolute Gasteiger partial charge is 0.342 e. The van der Waals surface area contributed by atoms with E-state index in [4.69, 9.17) is 14.2 Å². The van der Waals surface area contributed by atoms with Crippen LogP contribution in [0.2, 0.25) is 0 Å². The molecule has 2 aromatic rings. The fraction of sp³-hybridized carbons (Fsp3) is 0.176. The van der Waals surface area contributed by atoms with Crippen LogP contribution in [-0.4, -0.2) is 31.2 Å². The molecular weight excluding hydrogens is 314 g/mol. The maximum absolute atomic E-state index is 13.0. The first kappa shape index (κ1) is 14.4. The molecule has 7 nitrogen and oxygen atoms in total. The molecule has 0 aliphatic carbocycles. The number of fused-ring (bicyclic) bond motifs is 5. The van der Waals surface area contributed by atoms with E-state index in [0.717, 1.165) is 0 Å². The highest BCUT2D eigenvalue weighted by atomic mass is 16.6. The van der Waals surface area contributed by atoms with Crippen LogP contribution in [0.3, 0.4) is 0 Å². The Morgan fingerprint density at radius 1 is 1.12 bits per heavy atom. The fourth-order valence-corrected chi connectivity index (χ4v) is 3.15. The second-order valence-electron chi connectivity index (χ2n) is 5.40. The monoisotopic (exact) mass is 327 g/mol. The van der Waals surface area contributed by atoms with Crippen LogP contribution in [-0.2, 0) is 4.74 Å². The molecule has 0 spiro atoms. The fourth-order valence-electron chi connectivity index (χ4n) is 3.15. The number of carbonyl (C=O) groups is 2. The molecule has 4 rings (SSSR count). The average molecular weight is 327 g/mol. The number of nitrogens with zero attached hydrogens (tertiary/aromatic N) is 1. The molecule has 2 aliphatic heterocycles. The summed E-state index contributed by atoms with van der Waals surface area (Å²) in [6, 6.07) is 7.56. The van der Waals surface area contributed by atoms with Gasteiger partial charge >= 0.3 is 5.97 Å². The van der Waals surface area contributed by atoms with Gasteiger partial charge in [-0.15, -0.1) is 0 Å².